The summed E-state index contributed by atoms with van der Waals surface area (Å²) in [5.41, 5.74) is 0.550. The van der Waals surface area contributed by atoms with Crippen LogP contribution in [-0.2, 0) is 9.59 Å². The highest BCUT2D eigenvalue weighted by molar-refractivity contribution is 5.92. The molecule has 1 aromatic carbocycles. The minimum absolute atomic E-state index is 0.0114. The lowest BCUT2D eigenvalue weighted by Crippen LogP contribution is -2.52. The number of carbonyl (C=O) groups is 2. The molecule has 0 aromatic heterocycles. The molecule has 0 spiro atoms. The molecule has 1 heterocycles. The highest BCUT2D eigenvalue weighted by atomic mass is 16.5. The molecule has 0 saturated carbocycles. The number of nitrogens with one attached hydrogen (secondary N) is 1. The van der Waals surface area contributed by atoms with E-state index >= 15 is 0 Å². The van der Waals surface area contributed by atoms with E-state index in [9.17, 15) is 9.59 Å². The molecule has 1 fully saturated rings. The largest absolute Gasteiger partial charge is 0.497 e. The van der Waals surface area contributed by atoms with E-state index < -0.39 is 0 Å². The van der Waals surface area contributed by atoms with Gasteiger partial charge < -0.3 is 19.7 Å². The number of rotatable bonds is 6. The van der Waals surface area contributed by atoms with Crippen LogP contribution < -0.4 is 14.8 Å². The SMILES string of the molecule is COc1ccc(OC)c(/C=C/C(=O)N2CCN(CC(=O)NC(C)(C)C)CC2)c1. The van der Waals surface area contributed by atoms with Gasteiger partial charge >= 0.3 is 0 Å². The second-order valence-electron chi connectivity index (χ2n) is 7.84. The summed E-state index contributed by atoms with van der Waals surface area (Å²) in [6, 6.07) is 5.45. The molecule has 0 unspecified atom stereocenters. The van der Waals surface area contributed by atoms with E-state index in [1.807, 2.05) is 39.0 Å². The van der Waals surface area contributed by atoms with Crippen molar-refractivity contribution in [2.45, 2.75) is 26.3 Å². The third-order valence-corrected chi connectivity index (χ3v) is 4.41. The van der Waals surface area contributed by atoms with Crippen molar-refractivity contribution < 1.29 is 19.1 Å². The van der Waals surface area contributed by atoms with E-state index in [4.69, 9.17) is 9.47 Å². The first kappa shape index (κ1) is 21.8. The highest BCUT2D eigenvalue weighted by Gasteiger charge is 2.22. The van der Waals surface area contributed by atoms with Crippen LogP contribution in [0.4, 0.5) is 0 Å². The lowest BCUT2D eigenvalue weighted by molar-refractivity contribution is -0.128. The van der Waals surface area contributed by atoms with Crippen LogP contribution in [0.5, 0.6) is 11.5 Å². The number of amides is 2. The molecule has 7 heteroatoms. The molecule has 154 valence electrons. The maximum absolute atomic E-state index is 12.5. The van der Waals surface area contributed by atoms with Crippen molar-refractivity contribution in [3.63, 3.8) is 0 Å². The van der Waals surface area contributed by atoms with Crippen LogP contribution in [0.15, 0.2) is 24.3 Å². The fourth-order valence-electron chi connectivity index (χ4n) is 3.02. The molecule has 7 nitrogen and oxygen atoms in total. The van der Waals surface area contributed by atoms with Crippen molar-refractivity contribution in [3.8, 4) is 11.5 Å². The summed E-state index contributed by atoms with van der Waals surface area (Å²) in [6.45, 7) is 8.80. The van der Waals surface area contributed by atoms with Crippen LogP contribution in [0.3, 0.4) is 0 Å². The summed E-state index contributed by atoms with van der Waals surface area (Å²) >= 11 is 0. The summed E-state index contributed by atoms with van der Waals surface area (Å²) in [5, 5.41) is 2.96. The number of methoxy groups -OCH3 is 2. The van der Waals surface area contributed by atoms with Gasteiger partial charge in [0.05, 0.1) is 20.8 Å². The smallest absolute Gasteiger partial charge is 0.246 e. The van der Waals surface area contributed by atoms with Crippen molar-refractivity contribution >= 4 is 17.9 Å². The van der Waals surface area contributed by atoms with Crippen LogP contribution >= 0.6 is 0 Å². The quantitative estimate of drug-likeness (QED) is 0.751. The van der Waals surface area contributed by atoms with Crippen molar-refractivity contribution in [3.05, 3.63) is 29.8 Å². The Morgan fingerprint density at radius 2 is 1.79 bits per heavy atom. The van der Waals surface area contributed by atoms with E-state index in [1.54, 1.807) is 31.3 Å². The lowest BCUT2D eigenvalue weighted by Gasteiger charge is -2.34. The molecule has 2 amide bonds. The zero-order valence-electron chi connectivity index (χ0n) is 17.4. The topological polar surface area (TPSA) is 71.1 Å². The van der Waals surface area contributed by atoms with Crippen LogP contribution in [0, 0.1) is 0 Å². The number of benzene rings is 1. The molecule has 1 aliphatic heterocycles. The number of nitrogens with zero attached hydrogens (tertiary/aromatic N) is 2. The minimum atomic E-state index is -0.235. The van der Waals surface area contributed by atoms with Gasteiger partial charge in [-0.05, 0) is 45.0 Å². The molecular formula is C21H31N3O4. The van der Waals surface area contributed by atoms with E-state index in [2.05, 4.69) is 10.2 Å². The zero-order valence-corrected chi connectivity index (χ0v) is 17.4. The molecule has 1 N–H and O–H groups in total. The number of ether oxygens (including phenoxy) is 2. The maximum Gasteiger partial charge on any atom is 0.246 e. The Hall–Kier alpha value is -2.54. The number of hydrogen-bond donors (Lipinski definition) is 1. The highest BCUT2D eigenvalue weighted by Crippen LogP contribution is 2.25. The lowest BCUT2D eigenvalue weighted by atomic mass is 10.1. The average molecular weight is 389 g/mol. The van der Waals surface area contributed by atoms with E-state index in [-0.39, 0.29) is 17.4 Å². The first-order valence-electron chi connectivity index (χ1n) is 9.44. The monoisotopic (exact) mass is 389 g/mol. The van der Waals surface area contributed by atoms with Crippen LogP contribution in [0.2, 0.25) is 0 Å². The van der Waals surface area contributed by atoms with Gasteiger partial charge in [0, 0.05) is 43.4 Å². The molecule has 2 rings (SSSR count). The Kier molecular flexibility index (Phi) is 7.45. The van der Waals surface area contributed by atoms with Gasteiger partial charge in [-0.3, -0.25) is 14.5 Å². The predicted octanol–water partition coefficient (Wildman–Crippen LogP) is 1.78. The summed E-state index contributed by atoms with van der Waals surface area (Å²) in [5.74, 6) is 1.34. The molecule has 0 atom stereocenters. The third-order valence-electron chi connectivity index (χ3n) is 4.41. The molecule has 1 aliphatic rings. The fraction of sp³-hybridized carbons (Fsp3) is 0.524. The zero-order chi connectivity index (χ0) is 20.7. The molecular weight excluding hydrogens is 358 g/mol. The van der Waals surface area contributed by atoms with Crippen LogP contribution in [-0.4, -0.2) is 74.1 Å². The van der Waals surface area contributed by atoms with Crippen LogP contribution in [0.25, 0.3) is 6.08 Å². The molecule has 0 bridgehead atoms. The summed E-state index contributed by atoms with van der Waals surface area (Å²) in [4.78, 5) is 28.4. The second kappa shape index (κ2) is 9.59. The Balaban J connectivity index is 1.88. The number of carbonyl (C=O) groups excluding carboxylic acids is 2. The van der Waals surface area contributed by atoms with Crippen molar-refractivity contribution in [2.75, 3.05) is 46.9 Å². The van der Waals surface area contributed by atoms with Gasteiger partial charge in [0.2, 0.25) is 11.8 Å². The van der Waals surface area contributed by atoms with E-state index in [1.165, 1.54) is 0 Å². The molecule has 0 aliphatic carbocycles. The van der Waals surface area contributed by atoms with Gasteiger partial charge in [-0.2, -0.15) is 0 Å². The van der Waals surface area contributed by atoms with Crippen molar-refractivity contribution in [1.29, 1.82) is 0 Å². The maximum atomic E-state index is 12.5. The Morgan fingerprint density at radius 3 is 2.36 bits per heavy atom. The van der Waals surface area contributed by atoms with Gasteiger partial charge in [0.15, 0.2) is 0 Å². The second-order valence-corrected chi connectivity index (χ2v) is 7.84. The van der Waals surface area contributed by atoms with Crippen LogP contribution in [0.1, 0.15) is 26.3 Å². The van der Waals surface area contributed by atoms with E-state index in [0.717, 1.165) is 5.56 Å². The first-order valence-corrected chi connectivity index (χ1v) is 9.44. The van der Waals surface area contributed by atoms with Crippen molar-refractivity contribution in [2.24, 2.45) is 0 Å². The Bertz CT molecular complexity index is 717. The summed E-state index contributed by atoms with van der Waals surface area (Å²) in [7, 11) is 3.19. The molecule has 28 heavy (non-hydrogen) atoms. The van der Waals surface area contributed by atoms with Crippen molar-refractivity contribution in [1.82, 2.24) is 15.1 Å². The summed E-state index contributed by atoms with van der Waals surface area (Å²) < 4.78 is 10.6. The van der Waals surface area contributed by atoms with Gasteiger partial charge in [0.25, 0.3) is 0 Å². The standard InChI is InChI=1S/C21H31N3O4/c1-21(2,3)22-19(25)15-23-10-12-24(13-11-23)20(26)9-6-16-14-17(27-4)7-8-18(16)28-5/h6-9,14H,10-13,15H2,1-5H3,(H,22,25)/b9-6+. The predicted molar refractivity (Wildman–Crippen MR) is 109 cm³/mol. The minimum Gasteiger partial charge on any atom is -0.497 e. The first-order chi connectivity index (χ1) is 13.2. The Labute approximate surface area is 167 Å². The number of hydrogen-bond acceptors (Lipinski definition) is 5. The van der Waals surface area contributed by atoms with Gasteiger partial charge in [-0.25, -0.2) is 0 Å². The van der Waals surface area contributed by atoms with Gasteiger partial charge in [0.1, 0.15) is 11.5 Å². The fourth-order valence-corrected chi connectivity index (χ4v) is 3.02. The van der Waals surface area contributed by atoms with E-state index in [0.29, 0.717) is 44.2 Å². The van der Waals surface area contributed by atoms with Gasteiger partial charge in [-0.1, -0.05) is 0 Å². The average Bonchev–Trinajstić information content (AvgIpc) is 2.64. The molecule has 1 saturated heterocycles. The third kappa shape index (κ3) is 6.56. The summed E-state index contributed by atoms with van der Waals surface area (Å²) in [6.07, 6.45) is 3.30. The number of piperazine rings is 1. The normalized spacial score (nSPS) is 15.5. The Morgan fingerprint density at radius 1 is 1.11 bits per heavy atom. The van der Waals surface area contributed by atoms with Gasteiger partial charge in [-0.15, -0.1) is 0 Å². The molecule has 1 aromatic rings. The molecule has 0 radical (unpaired) electrons.